The number of aromatic amines is 1. The van der Waals surface area contributed by atoms with Gasteiger partial charge in [0.15, 0.2) is 0 Å². The first-order valence-corrected chi connectivity index (χ1v) is 6.14. The second-order valence-electron chi connectivity index (χ2n) is 3.63. The largest absolute Gasteiger partial charge is 0.438 e. The lowest BCUT2D eigenvalue weighted by Gasteiger charge is -2.07. The standard InChI is InChI=1S/C12H12BrN3O2/c1-14-6-8-3-2-4-9(5-8)18-12-10(13)11(17)15-7-16-12/h2-5,7,14H,6H2,1H3,(H,15,16,17). The number of nitrogens with zero attached hydrogens (tertiary/aromatic N) is 1. The number of H-pyrrole nitrogens is 1. The van der Waals surface area contributed by atoms with Crippen molar-refractivity contribution < 1.29 is 4.74 Å². The van der Waals surface area contributed by atoms with Gasteiger partial charge in [0.1, 0.15) is 10.2 Å². The van der Waals surface area contributed by atoms with Crippen molar-refractivity contribution in [2.24, 2.45) is 0 Å². The second-order valence-corrected chi connectivity index (χ2v) is 4.42. The van der Waals surface area contributed by atoms with Gasteiger partial charge in [-0.2, -0.15) is 0 Å². The van der Waals surface area contributed by atoms with Crippen LogP contribution in [0.1, 0.15) is 5.56 Å². The molecule has 0 unspecified atom stereocenters. The van der Waals surface area contributed by atoms with Crippen LogP contribution >= 0.6 is 15.9 Å². The Morgan fingerprint density at radius 3 is 3.11 bits per heavy atom. The third-order valence-corrected chi connectivity index (χ3v) is 2.96. The van der Waals surface area contributed by atoms with Crippen LogP contribution in [0.3, 0.4) is 0 Å². The van der Waals surface area contributed by atoms with E-state index in [0.29, 0.717) is 5.75 Å². The molecule has 0 aliphatic carbocycles. The number of hydrogen-bond acceptors (Lipinski definition) is 4. The van der Waals surface area contributed by atoms with Gasteiger partial charge in [-0.1, -0.05) is 12.1 Å². The number of rotatable bonds is 4. The molecule has 0 amide bonds. The third-order valence-electron chi connectivity index (χ3n) is 2.26. The molecule has 0 spiro atoms. The van der Waals surface area contributed by atoms with E-state index < -0.39 is 0 Å². The summed E-state index contributed by atoms with van der Waals surface area (Å²) in [6.07, 6.45) is 1.31. The van der Waals surface area contributed by atoms with E-state index >= 15 is 0 Å². The van der Waals surface area contributed by atoms with Crippen molar-refractivity contribution in [1.29, 1.82) is 0 Å². The summed E-state index contributed by atoms with van der Waals surface area (Å²) >= 11 is 3.14. The number of benzene rings is 1. The Morgan fingerprint density at radius 2 is 2.33 bits per heavy atom. The van der Waals surface area contributed by atoms with E-state index in [1.165, 1.54) is 6.33 Å². The van der Waals surface area contributed by atoms with Crippen LogP contribution in [0.4, 0.5) is 0 Å². The molecule has 94 valence electrons. The molecule has 2 aromatic rings. The fourth-order valence-corrected chi connectivity index (χ4v) is 1.77. The quantitative estimate of drug-likeness (QED) is 0.907. The molecule has 0 atom stereocenters. The molecule has 0 aliphatic heterocycles. The first kappa shape index (κ1) is 12.8. The minimum Gasteiger partial charge on any atom is -0.438 e. The topological polar surface area (TPSA) is 67.0 Å². The predicted molar refractivity (Wildman–Crippen MR) is 71.8 cm³/mol. The molecule has 1 aromatic carbocycles. The number of ether oxygens (including phenoxy) is 1. The summed E-state index contributed by atoms with van der Waals surface area (Å²) in [5.41, 5.74) is 0.822. The Labute approximate surface area is 112 Å². The van der Waals surface area contributed by atoms with Crippen LogP contribution < -0.4 is 15.6 Å². The summed E-state index contributed by atoms with van der Waals surface area (Å²) < 4.78 is 5.85. The third kappa shape index (κ3) is 2.96. The minimum absolute atomic E-state index is 0.250. The van der Waals surface area contributed by atoms with Crippen molar-refractivity contribution in [3.63, 3.8) is 0 Å². The first-order valence-electron chi connectivity index (χ1n) is 5.35. The molecule has 1 aromatic heterocycles. The van der Waals surface area contributed by atoms with Crippen LogP contribution in [0.5, 0.6) is 11.6 Å². The van der Waals surface area contributed by atoms with Gasteiger partial charge in [0.25, 0.3) is 5.56 Å². The summed E-state index contributed by atoms with van der Waals surface area (Å²) in [4.78, 5) is 17.8. The van der Waals surface area contributed by atoms with Gasteiger partial charge in [0.05, 0.1) is 6.33 Å². The second kappa shape index (κ2) is 5.79. The normalized spacial score (nSPS) is 10.3. The van der Waals surface area contributed by atoms with Gasteiger partial charge in [-0.05, 0) is 40.7 Å². The monoisotopic (exact) mass is 309 g/mol. The van der Waals surface area contributed by atoms with Crippen molar-refractivity contribution in [1.82, 2.24) is 15.3 Å². The smallest absolute Gasteiger partial charge is 0.268 e. The van der Waals surface area contributed by atoms with Crippen LogP contribution in [0.15, 0.2) is 39.9 Å². The molecule has 0 saturated carbocycles. The maximum Gasteiger partial charge on any atom is 0.268 e. The molecule has 0 radical (unpaired) electrons. The van der Waals surface area contributed by atoms with Gasteiger partial charge < -0.3 is 15.0 Å². The SMILES string of the molecule is CNCc1cccc(Oc2nc[nH]c(=O)c2Br)c1. The summed E-state index contributed by atoms with van der Waals surface area (Å²) in [6.45, 7) is 0.751. The average molecular weight is 310 g/mol. The van der Waals surface area contributed by atoms with Crippen LogP contribution in [0.25, 0.3) is 0 Å². The maximum absolute atomic E-state index is 11.4. The molecule has 2 N–H and O–H groups in total. The zero-order valence-electron chi connectivity index (χ0n) is 9.74. The fourth-order valence-electron chi connectivity index (χ4n) is 1.47. The Kier molecular flexibility index (Phi) is 4.11. The Balaban J connectivity index is 2.25. The lowest BCUT2D eigenvalue weighted by molar-refractivity contribution is 0.456. The van der Waals surface area contributed by atoms with E-state index in [2.05, 4.69) is 31.2 Å². The highest BCUT2D eigenvalue weighted by Gasteiger charge is 2.07. The average Bonchev–Trinajstić information content (AvgIpc) is 2.36. The van der Waals surface area contributed by atoms with Crippen LogP contribution in [0.2, 0.25) is 0 Å². The first-order chi connectivity index (χ1) is 8.70. The molecule has 0 bridgehead atoms. The lowest BCUT2D eigenvalue weighted by Crippen LogP contribution is -2.08. The van der Waals surface area contributed by atoms with E-state index in [4.69, 9.17) is 4.74 Å². The van der Waals surface area contributed by atoms with Gasteiger partial charge in [-0.3, -0.25) is 4.79 Å². The van der Waals surface area contributed by atoms with E-state index in [1.54, 1.807) is 0 Å². The fraction of sp³-hybridized carbons (Fsp3) is 0.167. The van der Waals surface area contributed by atoms with Gasteiger partial charge in [-0.25, -0.2) is 4.98 Å². The van der Waals surface area contributed by atoms with Crippen LogP contribution in [-0.4, -0.2) is 17.0 Å². The highest BCUT2D eigenvalue weighted by molar-refractivity contribution is 9.10. The van der Waals surface area contributed by atoms with Gasteiger partial charge in [0, 0.05) is 6.54 Å². The number of hydrogen-bond donors (Lipinski definition) is 2. The van der Waals surface area contributed by atoms with E-state index in [0.717, 1.165) is 12.1 Å². The zero-order valence-corrected chi connectivity index (χ0v) is 11.3. The Bertz CT molecular complexity index is 598. The van der Waals surface area contributed by atoms with Gasteiger partial charge in [0.2, 0.25) is 5.88 Å². The van der Waals surface area contributed by atoms with Gasteiger partial charge >= 0.3 is 0 Å². The van der Waals surface area contributed by atoms with Crippen molar-refractivity contribution in [3.8, 4) is 11.6 Å². The van der Waals surface area contributed by atoms with Crippen molar-refractivity contribution in [2.45, 2.75) is 6.54 Å². The summed E-state index contributed by atoms with van der Waals surface area (Å²) in [5.74, 6) is 0.891. The number of halogens is 1. The minimum atomic E-state index is -0.272. The summed E-state index contributed by atoms with van der Waals surface area (Å²) in [7, 11) is 1.88. The van der Waals surface area contributed by atoms with Crippen LogP contribution in [-0.2, 0) is 6.54 Å². The van der Waals surface area contributed by atoms with Gasteiger partial charge in [-0.15, -0.1) is 0 Å². The highest BCUT2D eigenvalue weighted by atomic mass is 79.9. The lowest BCUT2D eigenvalue weighted by atomic mass is 10.2. The Hall–Kier alpha value is -1.66. The van der Waals surface area contributed by atoms with Crippen molar-refractivity contribution in [3.05, 3.63) is 51.0 Å². The molecule has 0 aliphatic rings. The molecule has 0 fully saturated rings. The Morgan fingerprint density at radius 1 is 1.50 bits per heavy atom. The van der Waals surface area contributed by atoms with E-state index in [1.807, 2.05) is 31.3 Å². The molecule has 18 heavy (non-hydrogen) atoms. The van der Waals surface area contributed by atoms with Crippen LogP contribution in [0, 0.1) is 0 Å². The van der Waals surface area contributed by atoms with Crippen molar-refractivity contribution in [2.75, 3.05) is 7.05 Å². The number of aromatic nitrogens is 2. The predicted octanol–water partition coefficient (Wildman–Crippen LogP) is 2.04. The zero-order chi connectivity index (χ0) is 13.0. The summed E-state index contributed by atoms with van der Waals surface area (Å²) in [5, 5.41) is 3.06. The highest BCUT2D eigenvalue weighted by Crippen LogP contribution is 2.24. The molecule has 6 heteroatoms. The van der Waals surface area contributed by atoms with E-state index in [9.17, 15) is 4.79 Å². The molecule has 1 heterocycles. The molecule has 0 saturated heterocycles. The number of nitrogens with one attached hydrogen (secondary N) is 2. The molecular formula is C12H12BrN3O2. The van der Waals surface area contributed by atoms with Crippen molar-refractivity contribution >= 4 is 15.9 Å². The summed E-state index contributed by atoms with van der Waals surface area (Å²) in [6, 6.07) is 7.59. The molecular weight excluding hydrogens is 298 g/mol. The molecule has 5 nitrogen and oxygen atoms in total. The van der Waals surface area contributed by atoms with E-state index in [-0.39, 0.29) is 15.9 Å². The molecule has 2 rings (SSSR count). The maximum atomic E-state index is 11.4.